The number of carbonyl (C=O) groups is 1. The highest BCUT2D eigenvalue weighted by Crippen LogP contribution is 2.22. The van der Waals surface area contributed by atoms with E-state index in [0.717, 1.165) is 6.21 Å². The summed E-state index contributed by atoms with van der Waals surface area (Å²) in [6.07, 6.45) is 0.860. The summed E-state index contributed by atoms with van der Waals surface area (Å²) in [4.78, 5) is 16.0. The number of ether oxygens (including phenoxy) is 1. The van der Waals surface area contributed by atoms with Gasteiger partial charge in [-0.2, -0.15) is 0 Å². The van der Waals surface area contributed by atoms with Crippen LogP contribution in [-0.4, -0.2) is 31.1 Å². The van der Waals surface area contributed by atoms with Crippen molar-refractivity contribution < 1.29 is 18.8 Å². The molecule has 0 aromatic rings. The fourth-order valence-electron chi connectivity index (χ4n) is 0.868. The zero-order chi connectivity index (χ0) is 11.9. The number of hydrogen-bond donors (Lipinski definition) is 0. The third kappa shape index (κ3) is 3.85. The van der Waals surface area contributed by atoms with E-state index in [1.54, 1.807) is 27.7 Å². The first-order valence-electron chi connectivity index (χ1n) is 5.01. The second kappa shape index (κ2) is 6.37. The molecule has 1 unspecified atom stereocenters. The highest BCUT2D eigenvalue weighted by Gasteiger charge is 2.42. The Balaban J connectivity index is 4.65. The molecule has 0 saturated heterocycles. The van der Waals surface area contributed by atoms with Crippen LogP contribution in [0.5, 0.6) is 0 Å². The Labute approximate surface area is 89.4 Å². The number of alkyl halides is 1. The molecule has 0 bridgehead atoms. The number of rotatable bonds is 6. The molecule has 88 valence electrons. The number of halogens is 1. The van der Waals surface area contributed by atoms with Gasteiger partial charge in [-0.3, -0.25) is 0 Å². The van der Waals surface area contributed by atoms with Gasteiger partial charge in [-0.25, -0.2) is 9.18 Å². The average molecular weight is 219 g/mol. The molecule has 0 spiro atoms. The molecule has 0 fully saturated rings. The first-order valence-corrected chi connectivity index (χ1v) is 5.01. The molecule has 0 aromatic carbocycles. The minimum atomic E-state index is -2.22. The van der Waals surface area contributed by atoms with Gasteiger partial charge >= 0.3 is 5.97 Å². The molecule has 5 heteroatoms. The summed E-state index contributed by atoms with van der Waals surface area (Å²) in [6.45, 7) is 6.96. The zero-order valence-electron chi connectivity index (χ0n) is 9.62. The molecule has 0 radical (unpaired) electrons. The van der Waals surface area contributed by atoms with Crippen molar-refractivity contribution in [2.75, 3.05) is 13.2 Å². The van der Waals surface area contributed by atoms with Crippen LogP contribution in [0, 0.1) is 5.92 Å². The van der Waals surface area contributed by atoms with E-state index < -0.39 is 17.6 Å². The number of carbonyl (C=O) groups excluding carboxylic acids is 1. The predicted octanol–water partition coefficient (Wildman–Crippen LogP) is 1.94. The highest BCUT2D eigenvalue weighted by molar-refractivity contribution is 5.98. The normalized spacial score (nSPS) is 15.3. The lowest BCUT2D eigenvalue weighted by Gasteiger charge is -2.22. The van der Waals surface area contributed by atoms with Crippen molar-refractivity contribution in [3.63, 3.8) is 0 Å². The second-order valence-electron chi connectivity index (χ2n) is 3.30. The lowest BCUT2D eigenvalue weighted by Crippen LogP contribution is -2.42. The summed E-state index contributed by atoms with van der Waals surface area (Å²) in [5.41, 5.74) is -2.22. The average Bonchev–Trinajstić information content (AvgIpc) is 2.18. The number of oxime groups is 1. The summed E-state index contributed by atoms with van der Waals surface area (Å²) in [5, 5.41) is 3.39. The second-order valence-corrected chi connectivity index (χ2v) is 3.30. The van der Waals surface area contributed by atoms with E-state index in [9.17, 15) is 9.18 Å². The number of esters is 1. The van der Waals surface area contributed by atoms with Gasteiger partial charge in [-0.05, 0) is 13.8 Å². The van der Waals surface area contributed by atoms with E-state index in [1.807, 2.05) is 0 Å². The quantitative estimate of drug-likeness (QED) is 0.389. The molecular weight excluding hydrogens is 201 g/mol. The van der Waals surface area contributed by atoms with Crippen molar-refractivity contribution in [1.82, 2.24) is 0 Å². The van der Waals surface area contributed by atoms with Crippen molar-refractivity contribution in [2.45, 2.75) is 33.4 Å². The van der Waals surface area contributed by atoms with E-state index in [4.69, 9.17) is 0 Å². The van der Waals surface area contributed by atoms with E-state index in [-0.39, 0.29) is 6.61 Å². The third-order valence-electron chi connectivity index (χ3n) is 1.87. The molecule has 0 heterocycles. The summed E-state index contributed by atoms with van der Waals surface area (Å²) in [7, 11) is 0. The molecule has 0 aliphatic carbocycles. The topological polar surface area (TPSA) is 47.9 Å². The van der Waals surface area contributed by atoms with Crippen LogP contribution in [0.2, 0.25) is 0 Å². The largest absolute Gasteiger partial charge is 0.463 e. The Hall–Kier alpha value is -1.13. The Morgan fingerprint density at radius 2 is 2.07 bits per heavy atom. The molecule has 0 aromatic heterocycles. The zero-order valence-corrected chi connectivity index (χ0v) is 9.62. The van der Waals surface area contributed by atoms with Gasteiger partial charge < -0.3 is 9.57 Å². The first-order chi connectivity index (χ1) is 6.99. The van der Waals surface area contributed by atoms with E-state index in [1.165, 1.54) is 0 Å². The van der Waals surface area contributed by atoms with Crippen molar-refractivity contribution in [3.8, 4) is 0 Å². The standard InChI is InChI=1S/C10H18FNO3/c1-5-14-9(13)10(11,8(3)4)7-12-15-6-2/h7-8H,5-6H2,1-4H3. The molecule has 0 saturated carbocycles. The fourth-order valence-corrected chi connectivity index (χ4v) is 0.868. The minimum Gasteiger partial charge on any atom is -0.463 e. The summed E-state index contributed by atoms with van der Waals surface area (Å²) >= 11 is 0. The van der Waals surface area contributed by atoms with Crippen molar-refractivity contribution >= 4 is 12.2 Å². The van der Waals surface area contributed by atoms with Crippen molar-refractivity contribution in [3.05, 3.63) is 0 Å². The van der Waals surface area contributed by atoms with Crippen molar-refractivity contribution in [2.24, 2.45) is 11.1 Å². The Morgan fingerprint density at radius 3 is 2.47 bits per heavy atom. The van der Waals surface area contributed by atoms with Gasteiger partial charge in [0.05, 0.1) is 12.8 Å². The summed E-state index contributed by atoms with van der Waals surface area (Å²) in [6, 6.07) is 0. The predicted molar refractivity (Wildman–Crippen MR) is 55.4 cm³/mol. The van der Waals surface area contributed by atoms with Crippen LogP contribution in [-0.2, 0) is 14.4 Å². The van der Waals surface area contributed by atoms with Gasteiger partial charge in [-0.15, -0.1) is 0 Å². The SMILES string of the molecule is CCON=CC(F)(C(=O)OCC)C(C)C. The van der Waals surface area contributed by atoms with Crippen LogP contribution >= 0.6 is 0 Å². The van der Waals surface area contributed by atoms with E-state index >= 15 is 0 Å². The van der Waals surface area contributed by atoms with Crippen LogP contribution in [0.25, 0.3) is 0 Å². The number of hydrogen-bond acceptors (Lipinski definition) is 4. The first kappa shape index (κ1) is 13.9. The van der Waals surface area contributed by atoms with E-state index in [2.05, 4.69) is 14.7 Å². The highest BCUT2D eigenvalue weighted by atomic mass is 19.1. The summed E-state index contributed by atoms with van der Waals surface area (Å²) in [5.74, 6) is -1.48. The lowest BCUT2D eigenvalue weighted by atomic mass is 9.94. The Kier molecular flexibility index (Phi) is 5.89. The van der Waals surface area contributed by atoms with E-state index in [0.29, 0.717) is 6.61 Å². The van der Waals surface area contributed by atoms with Gasteiger partial charge in [0, 0.05) is 5.92 Å². The lowest BCUT2D eigenvalue weighted by molar-refractivity contribution is -0.154. The van der Waals surface area contributed by atoms with Crippen LogP contribution in [0.3, 0.4) is 0 Å². The molecule has 15 heavy (non-hydrogen) atoms. The molecule has 4 nitrogen and oxygen atoms in total. The summed E-state index contributed by atoms with van der Waals surface area (Å²) < 4.78 is 18.8. The van der Waals surface area contributed by atoms with Gasteiger partial charge in [-0.1, -0.05) is 19.0 Å². The maximum Gasteiger partial charge on any atom is 0.350 e. The van der Waals surface area contributed by atoms with Crippen LogP contribution in [0.1, 0.15) is 27.7 Å². The van der Waals surface area contributed by atoms with Crippen LogP contribution in [0.4, 0.5) is 4.39 Å². The molecule has 0 aliphatic rings. The van der Waals surface area contributed by atoms with Crippen LogP contribution in [0.15, 0.2) is 5.16 Å². The smallest absolute Gasteiger partial charge is 0.350 e. The maximum absolute atomic E-state index is 14.1. The minimum absolute atomic E-state index is 0.139. The molecule has 0 N–H and O–H groups in total. The third-order valence-corrected chi connectivity index (χ3v) is 1.87. The molecule has 1 atom stereocenters. The molecule has 0 aliphatic heterocycles. The maximum atomic E-state index is 14.1. The van der Waals surface area contributed by atoms with Gasteiger partial charge in [0.15, 0.2) is 0 Å². The fraction of sp³-hybridized carbons (Fsp3) is 0.800. The Bertz CT molecular complexity index is 231. The van der Waals surface area contributed by atoms with Gasteiger partial charge in [0.1, 0.15) is 6.61 Å². The van der Waals surface area contributed by atoms with Crippen LogP contribution < -0.4 is 0 Å². The number of nitrogens with zero attached hydrogens (tertiary/aromatic N) is 1. The molecule has 0 amide bonds. The van der Waals surface area contributed by atoms with Gasteiger partial charge in [0.2, 0.25) is 5.67 Å². The van der Waals surface area contributed by atoms with Crippen molar-refractivity contribution in [1.29, 1.82) is 0 Å². The Morgan fingerprint density at radius 1 is 1.47 bits per heavy atom. The molecule has 0 rings (SSSR count). The molecular formula is C10H18FNO3. The van der Waals surface area contributed by atoms with Gasteiger partial charge in [0.25, 0.3) is 0 Å². The monoisotopic (exact) mass is 219 g/mol.